The molecule has 0 aliphatic rings. The molecule has 1 aromatic heterocycles. The zero-order chi connectivity index (χ0) is 9.52. The maximum absolute atomic E-state index is 10.8. The smallest absolute Gasteiger partial charge is 0.332 e. The number of ether oxygens (including phenoxy) is 1. The van der Waals surface area contributed by atoms with Gasteiger partial charge in [-0.05, 0) is 12.1 Å². The number of anilines is 1. The second kappa shape index (κ2) is 4.86. The summed E-state index contributed by atoms with van der Waals surface area (Å²) >= 11 is 0. The van der Waals surface area contributed by atoms with Gasteiger partial charge in [-0.3, -0.25) is 0 Å². The van der Waals surface area contributed by atoms with E-state index in [-0.39, 0.29) is 0 Å². The van der Waals surface area contributed by atoms with Gasteiger partial charge in [0.25, 0.3) is 5.95 Å². The van der Waals surface area contributed by atoms with Crippen molar-refractivity contribution in [2.24, 2.45) is 0 Å². The van der Waals surface area contributed by atoms with Crippen LogP contribution in [0.25, 0.3) is 0 Å². The van der Waals surface area contributed by atoms with Gasteiger partial charge < -0.3 is 10.1 Å². The van der Waals surface area contributed by atoms with Crippen LogP contribution < -0.4 is 5.32 Å². The zero-order valence-electron chi connectivity index (χ0n) is 7.02. The van der Waals surface area contributed by atoms with Crippen molar-refractivity contribution in [2.75, 3.05) is 11.9 Å². The van der Waals surface area contributed by atoms with Crippen molar-refractivity contribution in [2.45, 2.75) is 6.92 Å². The number of esters is 1. The molecule has 0 aliphatic heterocycles. The molecule has 0 atom stereocenters. The number of nitrogens with zero attached hydrogens (tertiary/aromatic N) is 3. The van der Waals surface area contributed by atoms with Crippen molar-refractivity contribution in [3.8, 4) is 0 Å². The van der Waals surface area contributed by atoms with Gasteiger partial charge in [0.15, 0.2) is 0 Å². The van der Waals surface area contributed by atoms with E-state index in [2.05, 4.69) is 30.7 Å². The summed E-state index contributed by atoms with van der Waals surface area (Å²) in [5, 5.41) is 15.4. The summed E-state index contributed by atoms with van der Waals surface area (Å²) in [4.78, 5) is 10.8. The molecule has 70 valence electrons. The third-order valence-electron chi connectivity index (χ3n) is 1.06. The Hall–Kier alpha value is -1.92. The highest BCUT2D eigenvalue weighted by Crippen LogP contribution is 1.89. The molecule has 0 radical (unpaired) electrons. The first-order valence-corrected chi connectivity index (χ1v) is 3.66. The molecule has 0 unspecified atom stereocenters. The molecular weight excluding hydrogens is 174 g/mol. The van der Waals surface area contributed by atoms with E-state index in [0.29, 0.717) is 12.6 Å². The van der Waals surface area contributed by atoms with Crippen LogP contribution in [0, 0.1) is 0 Å². The van der Waals surface area contributed by atoms with E-state index in [9.17, 15) is 4.79 Å². The van der Waals surface area contributed by atoms with Crippen LogP contribution in [0.3, 0.4) is 0 Å². The number of carbonyl (C=O) groups excluding carboxylic acids is 1. The molecule has 0 bridgehead atoms. The summed E-state index contributed by atoms with van der Waals surface area (Å²) in [6, 6.07) is 0. The van der Waals surface area contributed by atoms with E-state index in [4.69, 9.17) is 0 Å². The molecule has 0 saturated heterocycles. The van der Waals surface area contributed by atoms with Crippen LogP contribution in [0.4, 0.5) is 5.95 Å². The molecular formula is C6H9N5O2. The second-order valence-corrected chi connectivity index (χ2v) is 1.97. The highest BCUT2D eigenvalue weighted by Gasteiger charge is 1.94. The minimum absolute atomic E-state index is 0.292. The Labute approximate surface area is 74.2 Å². The van der Waals surface area contributed by atoms with E-state index in [0.717, 1.165) is 0 Å². The van der Waals surface area contributed by atoms with Crippen LogP contribution in [-0.2, 0) is 9.53 Å². The Bertz CT molecular complexity index is 281. The average molecular weight is 183 g/mol. The number of aromatic amines is 1. The van der Waals surface area contributed by atoms with Crippen molar-refractivity contribution in [3.05, 3.63) is 12.3 Å². The highest BCUT2D eigenvalue weighted by molar-refractivity contribution is 5.82. The predicted molar refractivity (Wildman–Crippen MR) is 43.6 cm³/mol. The SMILES string of the molecule is CCOC(=O)C=CNc1nn[nH]n1. The monoisotopic (exact) mass is 183 g/mol. The van der Waals surface area contributed by atoms with Gasteiger partial charge in [-0.2, -0.15) is 5.21 Å². The Morgan fingerprint density at radius 2 is 2.62 bits per heavy atom. The maximum Gasteiger partial charge on any atom is 0.332 e. The normalized spacial score (nSPS) is 10.2. The van der Waals surface area contributed by atoms with Gasteiger partial charge in [0.05, 0.1) is 6.61 Å². The average Bonchev–Trinajstić information content (AvgIpc) is 2.57. The molecule has 7 nitrogen and oxygen atoms in total. The molecule has 0 aliphatic carbocycles. The molecule has 1 rings (SSSR count). The number of hydrogen-bond donors (Lipinski definition) is 2. The zero-order valence-corrected chi connectivity index (χ0v) is 7.02. The molecule has 7 heteroatoms. The molecule has 0 saturated carbocycles. The van der Waals surface area contributed by atoms with Gasteiger partial charge in [0.2, 0.25) is 0 Å². The highest BCUT2D eigenvalue weighted by atomic mass is 16.5. The van der Waals surface area contributed by atoms with Gasteiger partial charge in [0, 0.05) is 12.3 Å². The fraction of sp³-hybridized carbons (Fsp3) is 0.333. The standard InChI is InChI=1S/C6H9N5O2/c1-2-13-5(12)3-4-7-6-8-10-11-9-6/h3-4H,2H2,1H3,(H2,7,8,9,10,11). The topological polar surface area (TPSA) is 92.8 Å². The molecule has 0 aromatic carbocycles. The molecule has 2 N–H and O–H groups in total. The third-order valence-corrected chi connectivity index (χ3v) is 1.06. The third kappa shape index (κ3) is 3.32. The largest absolute Gasteiger partial charge is 0.463 e. The van der Waals surface area contributed by atoms with E-state index in [1.54, 1.807) is 6.92 Å². The molecule has 0 fully saturated rings. The van der Waals surface area contributed by atoms with Gasteiger partial charge in [0.1, 0.15) is 0 Å². The minimum Gasteiger partial charge on any atom is -0.463 e. The van der Waals surface area contributed by atoms with Gasteiger partial charge in [-0.1, -0.05) is 5.10 Å². The number of H-pyrrole nitrogens is 1. The summed E-state index contributed by atoms with van der Waals surface area (Å²) in [5.74, 6) is -0.126. The van der Waals surface area contributed by atoms with Crippen LogP contribution >= 0.6 is 0 Å². The number of aromatic nitrogens is 4. The number of carbonyl (C=O) groups is 1. The summed E-state index contributed by atoms with van der Waals surface area (Å²) < 4.78 is 4.63. The van der Waals surface area contributed by atoms with Gasteiger partial charge >= 0.3 is 5.97 Å². The Kier molecular flexibility index (Phi) is 3.43. The van der Waals surface area contributed by atoms with Crippen molar-refractivity contribution >= 4 is 11.9 Å². The van der Waals surface area contributed by atoms with Crippen LogP contribution in [0.15, 0.2) is 12.3 Å². The lowest BCUT2D eigenvalue weighted by molar-refractivity contribution is -0.137. The summed E-state index contributed by atoms with van der Waals surface area (Å²) in [7, 11) is 0. The maximum atomic E-state index is 10.8. The van der Waals surface area contributed by atoms with Crippen LogP contribution in [0.1, 0.15) is 6.92 Å². The van der Waals surface area contributed by atoms with Crippen LogP contribution in [-0.4, -0.2) is 33.2 Å². The van der Waals surface area contributed by atoms with Crippen LogP contribution in [0.2, 0.25) is 0 Å². The Balaban J connectivity index is 2.29. The lowest BCUT2D eigenvalue weighted by atomic mass is 10.6. The van der Waals surface area contributed by atoms with Crippen molar-refractivity contribution in [1.82, 2.24) is 20.6 Å². The first-order chi connectivity index (χ1) is 6.33. The van der Waals surface area contributed by atoms with Crippen molar-refractivity contribution < 1.29 is 9.53 Å². The molecule has 1 heterocycles. The van der Waals surface area contributed by atoms with Crippen molar-refractivity contribution in [1.29, 1.82) is 0 Å². The number of hydrogen-bond acceptors (Lipinski definition) is 6. The summed E-state index contributed by atoms with van der Waals surface area (Å²) in [5.41, 5.74) is 0. The quantitative estimate of drug-likeness (QED) is 0.491. The number of nitrogens with one attached hydrogen (secondary N) is 2. The number of tetrazole rings is 1. The summed E-state index contributed by atoms with van der Waals surface area (Å²) in [6.45, 7) is 2.09. The lowest BCUT2D eigenvalue weighted by Gasteiger charge is -1.94. The van der Waals surface area contributed by atoms with Crippen molar-refractivity contribution in [3.63, 3.8) is 0 Å². The molecule has 1 aromatic rings. The number of rotatable bonds is 4. The molecule has 0 spiro atoms. The van der Waals surface area contributed by atoms with Gasteiger partial charge in [-0.15, -0.1) is 5.10 Å². The van der Waals surface area contributed by atoms with Crippen LogP contribution in [0.5, 0.6) is 0 Å². The van der Waals surface area contributed by atoms with Gasteiger partial charge in [-0.25, -0.2) is 4.79 Å². The molecule has 0 amide bonds. The first kappa shape index (κ1) is 9.17. The van der Waals surface area contributed by atoms with E-state index in [1.807, 2.05) is 0 Å². The second-order valence-electron chi connectivity index (χ2n) is 1.97. The lowest BCUT2D eigenvalue weighted by Crippen LogP contribution is -2.00. The fourth-order valence-corrected chi connectivity index (χ4v) is 0.598. The van der Waals surface area contributed by atoms with E-state index < -0.39 is 5.97 Å². The Morgan fingerprint density at radius 1 is 1.77 bits per heavy atom. The van der Waals surface area contributed by atoms with E-state index in [1.165, 1.54) is 12.3 Å². The first-order valence-electron chi connectivity index (χ1n) is 3.66. The van der Waals surface area contributed by atoms with E-state index >= 15 is 0 Å². The summed E-state index contributed by atoms with van der Waals surface area (Å²) in [6.07, 6.45) is 2.61. The fourth-order valence-electron chi connectivity index (χ4n) is 0.598. The Morgan fingerprint density at radius 3 is 3.23 bits per heavy atom. The predicted octanol–water partition coefficient (Wildman–Crippen LogP) is -0.312. The molecule has 13 heavy (non-hydrogen) atoms. The minimum atomic E-state index is -0.418.